The fourth-order valence-corrected chi connectivity index (χ4v) is 3.04. The molecule has 0 N–H and O–H groups in total. The number of halogens is 1. The van der Waals surface area contributed by atoms with Gasteiger partial charge in [-0.3, -0.25) is 4.79 Å². The third kappa shape index (κ3) is 3.56. The van der Waals surface area contributed by atoms with Crippen LogP contribution in [0.2, 0.25) is 0 Å². The van der Waals surface area contributed by atoms with Gasteiger partial charge in [-0.15, -0.1) is 0 Å². The summed E-state index contributed by atoms with van der Waals surface area (Å²) in [4.78, 5) is 18.4. The van der Waals surface area contributed by atoms with Crippen molar-refractivity contribution < 1.29 is 4.79 Å². The van der Waals surface area contributed by atoms with Crippen molar-refractivity contribution in [3.05, 3.63) is 28.5 Å². The Labute approximate surface area is 123 Å². The van der Waals surface area contributed by atoms with Crippen molar-refractivity contribution in [1.29, 1.82) is 0 Å². The summed E-state index contributed by atoms with van der Waals surface area (Å²) < 4.78 is 0.705. The van der Waals surface area contributed by atoms with Crippen molar-refractivity contribution in [2.75, 3.05) is 7.05 Å². The summed E-state index contributed by atoms with van der Waals surface area (Å²) >= 11 is 3.31. The molecule has 0 aromatic carbocycles. The zero-order chi connectivity index (χ0) is 14.0. The van der Waals surface area contributed by atoms with Gasteiger partial charge < -0.3 is 4.90 Å². The van der Waals surface area contributed by atoms with Gasteiger partial charge in [-0.1, -0.05) is 13.8 Å². The summed E-state index contributed by atoms with van der Waals surface area (Å²) in [5, 5.41) is 0. The van der Waals surface area contributed by atoms with Gasteiger partial charge in [0.25, 0.3) is 5.91 Å². The molecule has 1 aliphatic rings. The minimum Gasteiger partial charge on any atom is -0.339 e. The topological polar surface area (TPSA) is 33.2 Å². The van der Waals surface area contributed by atoms with Gasteiger partial charge >= 0.3 is 0 Å². The van der Waals surface area contributed by atoms with Gasteiger partial charge in [0.15, 0.2) is 0 Å². The zero-order valence-electron chi connectivity index (χ0n) is 11.8. The van der Waals surface area contributed by atoms with Gasteiger partial charge in [0, 0.05) is 24.8 Å². The van der Waals surface area contributed by atoms with Crippen LogP contribution in [0.1, 0.15) is 49.9 Å². The van der Waals surface area contributed by atoms with Crippen LogP contribution in [0.3, 0.4) is 0 Å². The van der Waals surface area contributed by atoms with Crippen LogP contribution in [0.4, 0.5) is 0 Å². The highest BCUT2D eigenvalue weighted by Gasteiger charge is 2.30. The van der Waals surface area contributed by atoms with Crippen LogP contribution >= 0.6 is 15.9 Å². The minimum absolute atomic E-state index is 0.0906. The molecule has 0 saturated heterocycles. The largest absolute Gasteiger partial charge is 0.339 e. The van der Waals surface area contributed by atoms with Crippen LogP contribution in [0.5, 0.6) is 0 Å². The molecule has 2 rings (SSSR count). The molecule has 3 nitrogen and oxygen atoms in total. The SMILES string of the molecule is CN(C(=O)c1ccnc(Br)c1)C1CCC(C)(C)CC1. The van der Waals surface area contributed by atoms with Crippen molar-refractivity contribution in [1.82, 2.24) is 9.88 Å². The molecule has 1 aromatic rings. The fourth-order valence-electron chi connectivity index (χ4n) is 2.68. The van der Waals surface area contributed by atoms with E-state index in [1.807, 2.05) is 11.9 Å². The summed E-state index contributed by atoms with van der Waals surface area (Å²) in [6.07, 6.45) is 6.24. The monoisotopic (exact) mass is 324 g/mol. The second kappa shape index (κ2) is 5.61. The second-order valence-corrected chi connectivity index (χ2v) is 6.99. The van der Waals surface area contributed by atoms with Gasteiger partial charge in [-0.05, 0) is 59.2 Å². The van der Waals surface area contributed by atoms with Crippen molar-refractivity contribution in [3.63, 3.8) is 0 Å². The lowest BCUT2D eigenvalue weighted by atomic mass is 9.75. The van der Waals surface area contributed by atoms with E-state index in [0.29, 0.717) is 21.6 Å². The van der Waals surface area contributed by atoms with E-state index in [4.69, 9.17) is 0 Å². The molecule has 1 amide bonds. The van der Waals surface area contributed by atoms with E-state index in [2.05, 4.69) is 34.8 Å². The number of hydrogen-bond acceptors (Lipinski definition) is 2. The molecule has 4 heteroatoms. The number of carbonyl (C=O) groups is 1. The highest BCUT2D eigenvalue weighted by Crippen LogP contribution is 2.36. The quantitative estimate of drug-likeness (QED) is 0.773. The molecule has 0 radical (unpaired) electrons. The zero-order valence-corrected chi connectivity index (χ0v) is 13.4. The molecule has 1 saturated carbocycles. The summed E-state index contributed by atoms with van der Waals surface area (Å²) in [7, 11) is 1.92. The number of rotatable bonds is 2. The fraction of sp³-hybridized carbons (Fsp3) is 0.600. The molecule has 104 valence electrons. The number of hydrogen-bond donors (Lipinski definition) is 0. The van der Waals surface area contributed by atoms with Gasteiger partial charge in [-0.2, -0.15) is 0 Å². The molecule has 0 bridgehead atoms. The Hall–Kier alpha value is -0.900. The lowest BCUT2D eigenvalue weighted by molar-refractivity contribution is 0.0635. The van der Waals surface area contributed by atoms with E-state index < -0.39 is 0 Å². The number of amides is 1. The Morgan fingerprint density at radius 3 is 2.63 bits per heavy atom. The van der Waals surface area contributed by atoms with Crippen LogP contribution in [0.15, 0.2) is 22.9 Å². The number of pyridine rings is 1. The molecule has 1 fully saturated rings. The van der Waals surface area contributed by atoms with Crippen LogP contribution in [-0.2, 0) is 0 Å². The first-order valence-corrected chi connectivity index (χ1v) is 7.57. The molecular weight excluding hydrogens is 304 g/mol. The lowest BCUT2D eigenvalue weighted by Gasteiger charge is -2.38. The van der Waals surface area contributed by atoms with Crippen LogP contribution in [0, 0.1) is 5.41 Å². The van der Waals surface area contributed by atoms with E-state index >= 15 is 0 Å². The Kier molecular flexibility index (Phi) is 4.29. The third-order valence-electron chi connectivity index (χ3n) is 4.15. The summed E-state index contributed by atoms with van der Waals surface area (Å²) in [5.41, 5.74) is 1.13. The van der Waals surface area contributed by atoms with Gasteiger partial charge in [0.05, 0.1) is 0 Å². The Bertz CT molecular complexity index is 463. The minimum atomic E-state index is 0.0906. The predicted octanol–water partition coefficient (Wildman–Crippen LogP) is 3.88. The maximum atomic E-state index is 12.4. The van der Waals surface area contributed by atoms with E-state index in [9.17, 15) is 4.79 Å². The highest BCUT2D eigenvalue weighted by molar-refractivity contribution is 9.10. The van der Waals surface area contributed by atoms with Crippen molar-refractivity contribution in [2.45, 2.75) is 45.6 Å². The maximum absolute atomic E-state index is 12.4. The van der Waals surface area contributed by atoms with Crippen molar-refractivity contribution in [3.8, 4) is 0 Å². The normalized spacial score (nSPS) is 19.2. The van der Waals surface area contributed by atoms with Gasteiger partial charge in [0.1, 0.15) is 4.60 Å². The molecule has 0 aliphatic heterocycles. The molecule has 1 heterocycles. The molecule has 19 heavy (non-hydrogen) atoms. The van der Waals surface area contributed by atoms with Crippen molar-refractivity contribution >= 4 is 21.8 Å². The van der Waals surface area contributed by atoms with Crippen molar-refractivity contribution in [2.24, 2.45) is 5.41 Å². The highest BCUT2D eigenvalue weighted by atomic mass is 79.9. The lowest BCUT2D eigenvalue weighted by Crippen LogP contribution is -2.40. The van der Waals surface area contributed by atoms with Gasteiger partial charge in [-0.25, -0.2) is 4.98 Å². The average Bonchev–Trinajstić information content (AvgIpc) is 2.37. The number of nitrogens with zero attached hydrogens (tertiary/aromatic N) is 2. The van der Waals surface area contributed by atoms with E-state index in [0.717, 1.165) is 12.8 Å². The Morgan fingerprint density at radius 2 is 2.05 bits per heavy atom. The average molecular weight is 325 g/mol. The standard InChI is InChI=1S/C15H21BrN2O/c1-15(2)7-4-12(5-8-15)18(3)14(19)11-6-9-17-13(16)10-11/h6,9-10,12H,4-5,7-8H2,1-3H3. The molecule has 1 aromatic heterocycles. The molecule has 0 spiro atoms. The maximum Gasteiger partial charge on any atom is 0.253 e. The molecule has 0 unspecified atom stereocenters. The molecule has 1 aliphatic carbocycles. The summed E-state index contributed by atoms with van der Waals surface area (Å²) in [6, 6.07) is 3.93. The second-order valence-electron chi connectivity index (χ2n) is 6.18. The van der Waals surface area contributed by atoms with Crippen LogP contribution < -0.4 is 0 Å². The molecule has 0 atom stereocenters. The van der Waals surface area contributed by atoms with E-state index in [-0.39, 0.29) is 5.91 Å². The van der Waals surface area contributed by atoms with Gasteiger partial charge in [0.2, 0.25) is 0 Å². The van der Waals surface area contributed by atoms with E-state index in [1.165, 1.54) is 12.8 Å². The first kappa shape index (κ1) is 14.5. The Morgan fingerprint density at radius 1 is 1.42 bits per heavy atom. The first-order valence-electron chi connectivity index (χ1n) is 6.78. The summed E-state index contributed by atoms with van der Waals surface area (Å²) in [6.45, 7) is 4.62. The predicted molar refractivity (Wildman–Crippen MR) is 80.1 cm³/mol. The number of aromatic nitrogens is 1. The molecular formula is C15H21BrN2O. The third-order valence-corrected chi connectivity index (χ3v) is 4.58. The summed E-state index contributed by atoms with van der Waals surface area (Å²) in [5.74, 6) is 0.0906. The van der Waals surface area contributed by atoms with Crippen LogP contribution in [-0.4, -0.2) is 28.9 Å². The Balaban J connectivity index is 2.04. The first-order chi connectivity index (χ1) is 8.89. The number of carbonyl (C=O) groups excluding carboxylic acids is 1. The smallest absolute Gasteiger partial charge is 0.253 e. The van der Waals surface area contributed by atoms with E-state index in [1.54, 1.807) is 18.3 Å². The van der Waals surface area contributed by atoms with Crippen LogP contribution in [0.25, 0.3) is 0 Å².